The molecule has 17 heavy (non-hydrogen) atoms. The molecular formula is C11H12F3N3. The molecule has 6 heteroatoms. The third kappa shape index (κ3) is 1.71. The van der Waals surface area contributed by atoms with Crippen molar-refractivity contribution in [1.29, 1.82) is 0 Å². The first-order valence-electron chi connectivity index (χ1n) is 5.58. The van der Waals surface area contributed by atoms with Crippen molar-refractivity contribution in [2.24, 2.45) is 0 Å². The fourth-order valence-electron chi connectivity index (χ4n) is 2.08. The second-order valence-corrected chi connectivity index (χ2v) is 4.98. The van der Waals surface area contributed by atoms with Crippen LogP contribution in [0, 0.1) is 0 Å². The van der Waals surface area contributed by atoms with Gasteiger partial charge in [-0.1, -0.05) is 6.92 Å². The van der Waals surface area contributed by atoms with E-state index in [1.54, 1.807) is 0 Å². The quantitative estimate of drug-likeness (QED) is 0.821. The summed E-state index contributed by atoms with van der Waals surface area (Å²) in [6.45, 7) is 2.53. The summed E-state index contributed by atoms with van der Waals surface area (Å²) in [7, 11) is 0. The van der Waals surface area contributed by atoms with Gasteiger partial charge in [0.15, 0.2) is 5.69 Å². The van der Waals surface area contributed by atoms with Gasteiger partial charge in [0.05, 0.1) is 5.69 Å². The van der Waals surface area contributed by atoms with Crippen LogP contribution in [-0.4, -0.2) is 9.97 Å². The summed E-state index contributed by atoms with van der Waals surface area (Å²) in [6, 6.07) is 0. The molecule has 0 amide bonds. The minimum Gasteiger partial charge on any atom is -0.307 e. The first kappa shape index (κ1) is 11.0. The molecule has 2 heterocycles. The molecule has 3 rings (SSSR count). The summed E-state index contributed by atoms with van der Waals surface area (Å²) in [5, 5.41) is 2.90. The highest BCUT2D eigenvalue weighted by atomic mass is 19.4. The highest BCUT2D eigenvalue weighted by Gasteiger charge is 2.45. The lowest BCUT2D eigenvalue weighted by Crippen LogP contribution is -2.18. The van der Waals surface area contributed by atoms with Gasteiger partial charge in [0.25, 0.3) is 0 Å². The van der Waals surface area contributed by atoms with Crippen LogP contribution in [-0.2, 0) is 24.7 Å². The number of fused-ring (bicyclic) bond motifs is 1. The van der Waals surface area contributed by atoms with Gasteiger partial charge in [-0.15, -0.1) is 0 Å². The number of nitrogens with one attached hydrogen (secondary N) is 1. The molecule has 0 unspecified atom stereocenters. The Hall–Kier alpha value is -1.17. The van der Waals surface area contributed by atoms with Crippen LogP contribution in [0.25, 0.3) is 0 Å². The van der Waals surface area contributed by atoms with E-state index >= 15 is 0 Å². The molecular weight excluding hydrogens is 231 g/mol. The Bertz CT molecular complexity index is 478. The number of halogens is 3. The van der Waals surface area contributed by atoms with Gasteiger partial charge >= 0.3 is 6.18 Å². The van der Waals surface area contributed by atoms with Crippen molar-refractivity contribution in [3.63, 3.8) is 0 Å². The average Bonchev–Trinajstić information content (AvgIpc) is 2.82. The van der Waals surface area contributed by atoms with Crippen LogP contribution < -0.4 is 5.32 Å². The molecule has 1 aromatic rings. The van der Waals surface area contributed by atoms with E-state index in [0.717, 1.165) is 12.8 Å². The number of alkyl halides is 3. The fourth-order valence-corrected chi connectivity index (χ4v) is 2.08. The standard InChI is InChI=1S/C11H12F3N3/c1-10(2-3-10)9-16-7-5-15-4-6(7)8(17-9)11(12,13)14/h15H,2-5H2,1H3. The largest absolute Gasteiger partial charge is 0.433 e. The molecule has 1 aliphatic carbocycles. The molecule has 0 radical (unpaired) electrons. The highest BCUT2D eigenvalue weighted by Crippen LogP contribution is 2.47. The van der Waals surface area contributed by atoms with E-state index in [1.165, 1.54) is 0 Å². The predicted molar refractivity (Wildman–Crippen MR) is 54.2 cm³/mol. The zero-order valence-electron chi connectivity index (χ0n) is 9.36. The number of hydrogen-bond acceptors (Lipinski definition) is 3. The zero-order chi connectivity index (χ0) is 12.3. The van der Waals surface area contributed by atoms with E-state index in [4.69, 9.17) is 0 Å². The lowest BCUT2D eigenvalue weighted by Gasteiger charge is -2.14. The van der Waals surface area contributed by atoms with Crippen LogP contribution in [0.5, 0.6) is 0 Å². The Kier molecular flexibility index (Phi) is 2.05. The molecule has 92 valence electrons. The number of aromatic nitrogens is 2. The van der Waals surface area contributed by atoms with E-state index in [-0.39, 0.29) is 17.5 Å². The maximum absolute atomic E-state index is 12.9. The topological polar surface area (TPSA) is 37.8 Å². The molecule has 2 aliphatic rings. The van der Waals surface area contributed by atoms with E-state index in [1.807, 2.05) is 6.92 Å². The number of nitrogens with zero attached hydrogens (tertiary/aromatic N) is 2. The lowest BCUT2D eigenvalue weighted by molar-refractivity contribution is -0.142. The molecule has 0 atom stereocenters. The van der Waals surface area contributed by atoms with Gasteiger partial charge in [0.1, 0.15) is 5.82 Å². The molecule has 3 nitrogen and oxygen atoms in total. The molecule has 1 N–H and O–H groups in total. The second-order valence-electron chi connectivity index (χ2n) is 4.98. The van der Waals surface area contributed by atoms with Crippen molar-refractivity contribution in [3.8, 4) is 0 Å². The van der Waals surface area contributed by atoms with Crippen molar-refractivity contribution in [2.75, 3.05) is 0 Å². The summed E-state index contributed by atoms with van der Waals surface area (Å²) in [5.41, 5.74) is -0.269. The SMILES string of the molecule is CC1(c2nc3c(c(C(F)(F)F)n2)CNC3)CC1. The van der Waals surface area contributed by atoms with Crippen molar-refractivity contribution in [2.45, 2.75) is 44.4 Å². The number of hydrogen-bond donors (Lipinski definition) is 1. The molecule has 1 saturated carbocycles. The zero-order valence-corrected chi connectivity index (χ0v) is 9.36. The van der Waals surface area contributed by atoms with E-state index in [2.05, 4.69) is 15.3 Å². The average molecular weight is 243 g/mol. The van der Waals surface area contributed by atoms with Gasteiger partial charge in [-0.05, 0) is 12.8 Å². The Morgan fingerprint density at radius 1 is 1.18 bits per heavy atom. The third-order valence-electron chi connectivity index (χ3n) is 3.50. The minimum atomic E-state index is -4.39. The van der Waals surface area contributed by atoms with Crippen molar-refractivity contribution in [1.82, 2.24) is 15.3 Å². The normalized spacial score (nSPS) is 21.4. The van der Waals surface area contributed by atoms with Crippen molar-refractivity contribution < 1.29 is 13.2 Å². The van der Waals surface area contributed by atoms with E-state index in [9.17, 15) is 13.2 Å². The molecule has 0 aromatic carbocycles. The van der Waals surface area contributed by atoms with Crippen LogP contribution in [0.1, 0.15) is 42.5 Å². The Morgan fingerprint density at radius 3 is 2.47 bits per heavy atom. The smallest absolute Gasteiger partial charge is 0.307 e. The summed E-state index contributed by atoms with van der Waals surface area (Å²) in [5.74, 6) is 0.354. The van der Waals surface area contributed by atoms with Crippen molar-refractivity contribution >= 4 is 0 Å². The maximum atomic E-state index is 12.9. The maximum Gasteiger partial charge on any atom is 0.433 e. The first-order chi connectivity index (χ1) is 7.90. The van der Waals surface area contributed by atoms with Crippen LogP contribution in [0.4, 0.5) is 13.2 Å². The van der Waals surface area contributed by atoms with Crippen molar-refractivity contribution in [3.05, 3.63) is 22.8 Å². The van der Waals surface area contributed by atoms with E-state index in [0.29, 0.717) is 18.1 Å². The molecule has 0 saturated heterocycles. The second kappa shape index (κ2) is 3.19. The Balaban J connectivity index is 2.16. The predicted octanol–water partition coefficient (Wildman–Crippen LogP) is 2.15. The molecule has 0 bridgehead atoms. The number of rotatable bonds is 1. The van der Waals surface area contributed by atoms with Crippen LogP contribution in [0.2, 0.25) is 0 Å². The summed E-state index contributed by atoms with van der Waals surface area (Å²) in [4.78, 5) is 8.06. The van der Waals surface area contributed by atoms with Crippen LogP contribution in [0.15, 0.2) is 0 Å². The minimum absolute atomic E-state index is 0.209. The van der Waals surface area contributed by atoms with Crippen LogP contribution in [0.3, 0.4) is 0 Å². The van der Waals surface area contributed by atoms with Gasteiger partial charge in [0, 0.05) is 24.1 Å². The Labute approximate surface area is 96.5 Å². The summed E-state index contributed by atoms with van der Waals surface area (Å²) >= 11 is 0. The monoisotopic (exact) mass is 243 g/mol. The summed E-state index contributed by atoms with van der Waals surface area (Å²) < 4.78 is 38.7. The third-order valence-corrected chi connectivity index (χ3v) is 3.50. The highest BCUT2D eigenvalue weighted by molar-refractivity contribution is 5.33. The van der Waals surface area contributed by atoms with Gasteiger partial charge in [-0.3, -0.25) is 0 Å². The molecule has 1 aliphatic heterocycles. The van der Waals surface area contributed by atoms with E-state index < -0.39 is 11.9 Å². The van der Waals surface area contributed by atoms with Gasteiger partial charge in [-0.25, -0.2) is 9.97 Å². The molecule has 1 aromatic heterocycles. The Morgan fingerprint density at radius 2 is 1.88 bits per heavy atom. The lowest BCUT2D eigenvalue weighted by atomic mass is 10.1. The van der Waals surface area contributed by atoms with Crippen LogP contribution >= 0.6 is 0 Å². The van der Waals surface area contributed by atoms with Gasteiger partial charge in [-0.2, -0.15) is 13.2 Å². The molecule has 0 spiro atoms. The molecule has 1 fully saturated rings. The fraction of sp³-hybridized carbons (Fsp3) is 0.636. The van der Waals surface area contributed by atoms with Gasteiger partial charge < -0.3 is 5.32 Å². The first-order valence-corrected chi connectivity index (χ1v) is 5.58. The summed E-state index contributed by atoms with van der Waals surface area (Å²) in [6.07, 6.45) is -2.65. The van der Waals surface area contributed by atoms with Gasteiger partial charge in [0.2, 0.25) is 0 Å².